The Bertz CT molecular complexity index is 969. The molecule has 0 saturated heterocycles. The van der Waals surface area contributed by atoms with E-state index in [1.165, 1.54) is 70.5 Å². The highest BCUT2D eigenvalue weighted by Crippen LogP contribution is 2.56. The molecule has 3 aromatic rings. The van der Waals surface area contributed by atoms with Gasteiger partial charge in [0.2, 0.25) is 0 Å². The molecule has 6 rings (SSSR count). The third kappa shape index (κ3) is 2.64. The summed E-state index contributed by atoms with van der Waals surface area (Å²) < 4.78 is 0. The van der Waals surface area contributed by atoms with E-state index in [2.05, 4.69) is 68.4 Å². The van der Waals surface area contributed by atoms with Gasteiger partial charge < -0.3 is 0 Å². The molecule has 0 N–H and O–H groups in total. The van der Waals surface area contributed by atoms with Gasteiger partial charge >= 0.3 is 0 Å². The second kappa shape index (κ2) is 7.20. The molecule has 0 aliphatic heterocycles. The maximum absolute atomic E-state index is 5.23. The fourth-order valence-electron chi connectivity index (χ4n) is 5.34. The quantitative estimate of drug-likeness (QED) is 0.323. The van der Waals surface area contributed by atoms with Gasteiger partial charge in [0.05, 0.1) is 0 Å². The molecule has 0 amide bonds. The van der Waals surface area contributed by atoms with Crippen molar-refractivity contribution < 1.29 is 0 Å². The molecule has 2 aromatic carbocycles. The van der Waals surface area contributed by atoms with Crippen LogP contribution < -0.4 is 0 Å². The molecule has 3 aliphatic carbocycles. The molecule has 0 fully saturated rings. The normalized spacial score (nSPS) is 18.5. The Balaban J connectivity index is 1.75. The molecule has 2 bridgehead atoms. The highest BCUT2D eigenvalue weighted by atomic mass is 14.7. The zero-order chi connectivity index (χ0) is 19.1. The predicted octanol–water partition coefficient (Wildman–Crippen LogP) is 6.75. The number of pyridine rings is 1. The molecule has 0 unspecified atom stereocenters. The van der Waals surface area contributed by atoms with E-state index >= 15 is 0 Å². The van der Waals surface area contributed by atoms with Gasteiger partial charge in [-0.05, 0) is 65.1 Å². The lowest BCUT2D eigenvalue weighted by molar-refractivity contribution is 0.689. The van der Waals surface area contributed by atoms with Crippen LogP contribution in [-0.4, -0.2) is 4.98 Å². The van der Waals surface area contributed by atoms with Crippen molar-refractivity contribution >= 4 is 0 Å². The van der Waals surface area contributed by atoms with E-state index in [9.17, 15) is 0 Å². The summed E-state index contributed by atoms with van der Waals surface area (Å²) in [5, 5.41) is 0. The van der Waals surface area contributed by atoms with Crippen molar-refractivity contribution in [1.29, 1.82) is 0 Å². The number of aryl methyl sites for hydroxylation is 2. The molecule has 0 atom stereocenters. The summed E-state index contributed by atoms with van der Waals surface area (Å²) in [6.45, 7) is 4.55. The molecular weight excluding hydrogens is 338 g/mol. The maximum Gasteiger partial charge on any atom is 0.0451 e. The third-order valence-electron chi connectivity index (χ3n) is 6.61. The van der Waals surface area contributed by atoms with Crippen LogP contribution >= 0.6 is 0 Å². The first kappa shape index (κ1) is 17.7. The van der Waals surface area contributed by atoms with Crippen molar-refractivity contribution in [2.24, 2.45) is 0 Å². The number of unbranched alkanes of at least 4 members (excludes halogenated alkanes) is 2. The standard InChI is InChI=1S/C27H29N/c1-3-5-11-18-17-23-25-19-12-7-9-14-21(19)26(22-15-10-8-13-20(22)25)27(23)24(28-18)16-6-4-2/h7-10,12-15,17,25-26H,3-6,11,16H2,1-2H3. The van der Waals surface area contributed by atoms with Gasteiger partial charge in [-0.1, -0.05) is 75.2 Å². The highest BCUT2D eigenvalue weighted by molar-refractivity contribution is 5.68. The molecule has 0 saturated carbocycles. The van der Waals surface area contributed by atoms with Gasteiger partial charge in [0.25, 0.3) is 0 Å². The van der Waals surface area contributed by atoms with E-state index in [1.54, 1.807) is 0 Å². The van der Waals surface area contributed by atoms with E-state index in [0.717, 1.165) is 12.8 Å². The zero-order valence-electron chi connectivity index (χ0n) is 17.0. The number of hydrogen-bond donors (Lipinski definition) is 0. The Morgan fingerprint density at radius 3 is 1.79 bits per heavy atom. The van der Waals surface area contributed by atoms with Gasteiger partial charge in [0.1, 0.15) is 0 Å². The molecule has 3 aliphatic rings. The van der Waals surface area contributed by atoms with Crippen LogP contribution in [0.4, 0.5) is 0 Å². The lowest BCUT2D eigenvalue weighted by Crippen LogP contribution is -2.29. The molecule has 1 aromatic heterocycles. The zero-order valence-corrected chi connectivity index (χ0v) is 17.0. The van der Waals surface area contributed by atoms with Crippen molar-refractivity contribution in [1.82, 2.24) is 4.98 Å². The van der Waals surface area contributed by atoms with E-state index in [1.807, 2.05) is 0 Å². The van der Waals surface area contributed by atoms with Crippen LogP contribution in [0.3, 0.4) is 0 Å². The molecule has 28 heavy (non-hydrogen) atoms. The predicted molar refractivity (Wildman–Crippen MR) is 116 cm³/mol. The Morgan fingerprint density at radius 1 is 0.679 bits per heavy atom. The molecule has 0 spiro atoms. The Hall–Kier alpha value is -2.41. The Morgan fingerprint density at radius 2 is 1.21 bits per heavy atom. The van der Waals surface area contributed by atoms with Crippen LogP contribution in [0.2, 0.25) is 0 Å². The Labute approximate surface area is 168 Å². The van der Waals surface area contributed by atoms with E-state index in [0.29, 0.717) is 11.8 Å². The smallest absolute Gasteiger partial charge is 0.0451 e. The van der Waals surface area contributed by atoms with Crippen LogP contribution in [0, 0.1) is 0 Å². The number of nitrogens with zero attached hydrogens (tertiary/aromatic N) is 1. The van der Waals surface area contributed by atoms with Crippen molar-refractivity contribution in [3.05, 3.63) is 99.4 Å². The summed E-state index contributed by atoms with van der Waals surface area (Å²) in [5.74, 6) is 0.725. The second-order valence-electron chi connectivity index (χ2n) is 8.39. The second-order valence-corrected chi connectivity index (χ2v) is 8.39. The van der Waals surface area contributed by atoms with Crippen molar-refractivity contribution in [3.8, 4) is 0 Å². The van der Waals surface area contributed by atoms with Crippen LogP contribution in [0.25, 0.3) is 0 Å². The topological polar surface area (TPSA) is 12.9 Å². The van der Waals surface area contributed by atoms with Gasteiger partial charge in [-0.2, -0.15) is 0 Å². The minimum atomic E-state index is 0.354. The first-order chi connectivity index (χ1) is 13.8. The van der Waals surface area contributed by atoms with Crippen molar-refractivity contribution in [3.63, 3.8) is 0 Å². The molecule has 1 nitrogen and oxygen atoms in total. The van der Waals surface area contributed by atoms with Gasteiger partial charge in [0, 0.05) is 23.2 Å². The number of hydrogen-bond acceptors (Lipinski definition) is 1. The fourth-order valence-corrected chi connectivity index (χ4v) is 5.34. The van der Waals surface area contributed by atoms with Gasteiger partial charge in [-0.15, -0.1) is 0 Å². The lowest BCUT2D eigenvalue weighted by atomic mass is 9.60. The van der Waals surface area contributed by atoms with Crippen LogP contribution in [-0.2, 0) is 12.8 Å². The van der Waals surface area contributed by atoms with Crippen LogP contribution in [0.5, 0.6) is 0 Å². The van der Waals surface area contributed by atoms with E-state index in [-0.39, 0.29) is 0 Å². The minimum Gasteiger partial charge on any atom is -0.258 e. The summed E-state index contributed by atoms with van der Waals surface area (Å²) >= 11 is 0. The van der Waals surface area contributed by atoms with E-state index < -0.39 is 0 Å². The molecule has 142 valence electrons. The lowest BCUT2D eigenvalue weighted by Gasteiger charge is -2.43. The highest BCUT2D eigenvalue weighted by Gasteiger charge is 2.42. The third-order valence-corrected chi connectivity index (χ3v) is 6.61. The van der Waals surface area contributed by atoms with E-state index in [4.69, 9.17) is 4.98 Å². The molecule has 1 heterocycles. The first-order valence-corrected chi connectivity index (χ1v) is 11.0. The number of aromatic nitrogens is 1. The van der Waals surface area contributed by atoms with Crippen LogP contribution in [0.1, 0.15) is 96.1 Å². The summed E-state index contributed by atoms with van der Waals surface area (Å²) in [7, 11) is 0. The maximum atomic E-state index is 5.23. The molecular formula is C27H29N. The SMILES string of the molecule is CCCCc1cc2c(c(CCCC)n1)C1c3ccccc3C2c2ccccc21. The monoisotopic (exact) mass is 367 g/mol. The largest absolute Gasteiger partial charge is 0.258 e. The number of benzene rings is 2. The molecule has 1 heteroatoms. The minimum absolute atomic E-state index is 0.354. The summed E-state index contributed by atoms with van der Waals surface area (Å²) in [6, 6.07) is 20.7. The van der Waals surface area contributed by atoms with Gasteiger partial charge in [-0.3, -0.25) is 4.98 Å². The van der Waals surface area contributed by atoms with Crippen molar-refractivity contribution in [2.45, 2.75) is 64.2 Å². The van der Waals surface area contributed by atoms with Crippen LogP contribution in [0.15, 0.2) is 54.6 Å². The van der Waals surface area contributed by atoms with Gasteiger partial charge in [-0.25, -0.2) is 0 Å². The molecule has 0 radical (unpaired) electrons. The first-order valence-electron chi connectivity index (χ1n) is 11.0. The summed E-state index contributed by atoms with van der Waals surface area (Å²) in [4.78, 5) is 5.23. The average Bonchev–Trinajstić information content (AvgIpc) is 2.75. The Kier molecular flexibility index (Phi) is 4.55. The van der Waals surface area contributed by atoms with Gasteiger partial charge in [0.15, 0.2) is 0 Å². The summed E-state index contributed by atoms with van der Waals surface area (Å²) in [6.07, 6.45) is 7.09. The average molecular weight is 368 g/mol. The summed E-state index contributed by atoms with van der Waals surface area (Å²) in [5.41, 5.74) is 11.7. The fraction of sp³-hybridized carbons (Fsp3) is 0.370. The number of rotatable bonds is 6. The van der Waals surface area contributed by atoms with Crippen molar-refractivity contribution in [2.75, 3.05) is 0 Å².